The van der Waals surface area contributed by atoms with Crippen molar-refractivity contribution >= 4 is 12.0 Å². The molecule has 0 saturated carbocycles. The number of ether oxygens (including phenoxy) is 1. The molecule has 3 heterocycles. The maximum Gasteiger partial charge on any atom is 0.246 e. The van der Waals surface area contributed by atoms with Crippen molar-refractivity contribution in [3.05, 3.63) is 71.6 Å². The van der Waals surface area contributed by atoms with E-state index in [0.29, 0.717) is 18.5 Å². The van der Waals surface area contributed by atoms with Crippen LogP contribution in [0.15, 0.2) is 54.7 Å². The van der Waals surface area contributed by atoms with Crippen LogP contribution in [-0.4, -0.2) is 65.6 Å². The van der Waals surface area contributed by atoms with E-state index >= 15 is 0 Å². The summed E-state index contributed by atoms with van der Waals surface area (Å²) in [5, 5.41) is 0. The first-order chi connectivity index (χ1) is 16.2. The molecule has 0 spiro atoms. The van der Waals surface area contributed by atoms with Crippen molar-refractivity contribution in [2.75, 3.05) is 32.8 Å². The monoisotopic (exact) mass is 445 g/mol. The van der Waals surface area contributed by atoms with Crippen molar-refractivity contribution in [1.82, 2.24) is 14.8 Å². The quantitative estimate of drug-likeness (QED) is 0.605. The molecule has 0 unspecified atom stereocenters. The second-order valence-electron chi connectivity index (χ2n) is 9.78. The number of likely N-dealkylation sites (tertiary alicyclic amines) is 1. The van der Waals surface area contributed by atoms with Gasteiger partial charge >= 0.3 is 0 Å². The Morgan fingerprint density at radius 2 is 1.79 bits per heavy atom. The molecule has 174 valence electrons. The number of fused-ring (bicyclic) bond motifs is 1. The van der Waals surface area contributed by atoms with Crippen LogP contribution < -0.4 is 0 Å². The van der Waals surface area contributed by atoms with Gasteiger partial charge in [0.2, 0.25) is 5.91 Å². The highest BCUT2D eigenvalue weighted by atomic mass is 16.5. The van der Waals surface area contributed by atoms with Gasteiger partial charge in [-0.3, -0.25) is 14.7 Å². The summed E-state index contributed by atoms with van der Waals surface area (Å²) in [5.74, 6) is 0.628. The van der Waals surface area contributed by atoms with Gasteiger partial charge in [0, 0.05) is 38.0 Å². The fraction of sp³-hybridized carbons (Fsp3) is 0.500. The summed E-state index contributed by atoms with van der Waals surface area (Å²) in [7, 11) is 0. The van der Waals surface area contributed by atoms with Gasteiger partial charge in [0.1, 0.15) is 0 Å². The predicted octanol–water partition coefficient (Wildman–Crippen LogP) is 3.98. The molecule has 2 fully saturated rings. The van der Waals surface area contributed by atoms with E-state index in [1.54, 1.807) is 12.3 Å². The van der Waals surface area contributed by atoms with Gasteiger partial charge in [0.05, 0.1) is 11.8 Å². The standard InChI is InChI=1S/C28H35N3O2/c32-28(11-10-25-8-3-4-14-29-25)31(21-27-9-5-17-33-27)20-22-12-15-30(16-13-22)26-18-23-6-1-2-7-24(23)19-26/h1-4,6-8,10-11,14,22,26-27H,5,9,12-13,15-21H2/b11-10+/t27-/m0/s1. The van der Waals surface area contributed by atoms with Crippen molar-refractivity contribution < 1.29 is 9.53 Å². The Kier molecular flexibility index (Phi) is 7.18. The summed E-state index contributed by atoms with van der Waals surface area (Å²) >= 11 is 0. The zero-order valence-electron chi connectivity index (χ0n) is 19.4. The van der Waals surface area contributed by atoms with E-state index in [-0.39, 0.29) is 12.0 Å². The first kappa shape index (κ1) is 22.3. The van der Waals surface area contributed by atoms with E-state index in [2.05, 4.69) is 34.1 Å². The van der Waals surface area contributed by atoms with Crippen molar-refractivity contribution in [2.24, 2.45) is 5.92 Å². The van der Waals surface area contributed by atoms with Crippen LogP contribution in [0.2, 0.25) is 0 Å². The number of aromatic nitrogens is 1. The Balaban J connectivity index is 1.17. The minimum absolute atomic E-state index is 0.0739. The Morgan fingerprint density at radius 3 is 2.45 bits per heavy atom. The number of pyridine rings is 1. The number of hydrogen-bond acceptors (Lipinski definition) is 4. The SMILES string of the molecule is O=C(/C=C/c1ccccn1)N(CC1CCN(C2Cc3ccccc3C2)CC1)C[C@@H]1CCCO1. The van der Waals surface area contributed by atoms with Crippen LogP contribution in [0.1, 0.15) is 42.5 Å². The molecule has 2 aliphatic heterocycles. The van der Waals surface area contributed by atoms with Gasteiger partial charge in [0.15, 0.2) is 0 Å². The number of benzene rings is 1. The van der Waals surface area contributed by atoms with Gasteiger partial charge in [-0.15, -0.1) is 0 Å². The molecule has 5 rings (SSSR count). The zero-order chi connectivity index (χ0) is 22.5. The second-order valence-corrected chi connectivity index (χ2v) is 9.78. The lowest BCUT2D eigenvalue weighted by molar-refractivity contribution is -0.128. The summed E-state index contributed by atoms with van der Waals surface area (Å²) < 4.78 is 5.86. The first-order valence-electron chi connectivity index (χ1n) is 12.5. The molecule has 2 aromatic rings. The lowest BCUT2D eigenvalue weighted by Crippen LogP contribution is -2.46. The van der Waals surface area contributed by atoms with Crippen LogP contribution in [-0.2, 0) is 22.4 Å². The van der Waals surface area contributed by atoms with Gasteiger partial charge in [-0.05, 0) is 86.9 Å². The van der Waals surface area contributed by atoms with Crippen LogP contribution in [0.3, 0.4) is 0 Å². The molecule has 5 heteroatoms. The third-order valence-corrected chi connectivity index (χ3v) is 7.52. The third kappa shape index (κ3) is 5.71. The van der Waals surface area contributed by atoms with E-state index in [0.717, 1.165) is 57.6 Å². The van der Waals surface area contributed by atoms with Crippen molar-refractivity contribution in [1.29, 1.82) is 0 Å². The Labute approximate surface area is 197 Å². The average Bonchev–Trinajstić information content (AvgIpc) is 3.53. The molecule has 5 nitrogen and oxygen atoms in total. The molecule has 2 saturated heterocycles. The molecular formula is C28H35N3O2. The highest BCUT2D eigenvalue weighted by molar-refractivity contribution is 5.91. The largest absolute Gasteiger partial charge is 0.376 e. The van der Waals surface area contributed by atoms with Crippen molar-refractivity contribution in [3.8, 4) is 0 Å². The van der Waals surface area contributed by atoms with Crippen LogP contribution in [0.5, 0.6) is 0 Å². The first-order valence-corrected chi connectivity index (χ1v) is 12.5. The summed E-state index contributed by atoms with van der Waals surface area (Å²) in [6.45, 7) is 4.61. The van der Waals surface area contributed by atoms with Crippen LogP contribution in [0.4, 0.5) is 0 Å². The molecule has 3 aliphatic rings. The van der Waals surface area contributed by atoms with Gasteiger partial charge in [-0.1, -0.05) is 30.3 Å². The molecular weight excluding hydrogens is 410 g/mol. The lowest BCUT2D eigenvalue weighted by Gasteiger charge is -2.38. The number of carbonyl (C=O) groups excluding carboxylic acids is 1. The summed E-state index contributed by atoms with van der Waals surface area (Å²) in [4.78, 5) is 22.1. The maximum atomic E-state index is 13.1. The predicted molar refractivity (Wildman–Crippen MR) is 131 cm³/mol. The summed E-state index contributed by atoms with van der Waals surface area (Å²) in [5.41, 5.74) is 3.86. The second kappa shape index (κ2) is 10.6. The highest BCUT2D eigenvalue weighted by Crippen LogP contribution is 2.29. The van der Waals surface area contributed by atoms with E-state index in [1.165, 1.54) is 24.0 Å². The Morgan fingerprint density at radius 1 is 1.03 bits per heavy atom. The lowest BCUT2D eigenvalue weighted by atomic mass is 9.94. The molecule has 1 amide bonds. The van der Waals surface area contributed by atoms with Crippen LogP contribution in [0, 0.1) is 5.92 Å². The average molecular weight is 446 g/mol. The third-order valence-electron chi connectivity index (χ3n) is 7.52. The molecule has 1 aromatic carbocycles. The Bertz CT molecular complexity index is 922. The minimum atomic E-state index is 0.0739. The minimum Gasteiger partial charge on any atom is -0.376 e. The number of nitrogens with zero attached hydrogens (tertiary/aromatic N) is 3. The smallest absolute Gasteiger partial charge is 0.246 e. The molecule has 1 atom stereocenters. The van der Waals surface area contributed by atoms with Crippen LogP contribution in [0.25, 0.3) is 6.08 Å². The van der Waals surface area contributed by atoms with Gasteiger partial charge in [-0.25, -0.2) is 0 Å². The number of amides is 1. The molecule has 0 radical (unpaired) electrons. The highest BCUT2D eigenvalue weighted by Gasteiger charge is 2.31. The molecule has 0 N–H and O–H groups in total. The van der Waals surface area contributed by atoms with Crippen molar-refractivity contribution in [3.63, 3.8) is 0 Å². The normalized spacial score (nSPS) is 22.1. The number of piperidine rings is 1. The maximum absolute atomic E-state index is 13.1. The number of carbonyl (C=O) groups is 1. The van der Waals surface area contributed by atoms with E-state index in [9.17, 15) is 4.79 Å². The van der Waals surface area contributed by atoms with Gasteiger partial charge in [-0.2, -0.15) is 0 Å². The number of hydrogen-bond donors (Lipinski definition) is 0. The topological polar surface area (TPSA) is 45.7 Å². The zero-order valence-corrected chi connectivity index (χ0v) is 19.4. The van der Waals surface area contributed by atoms with E-state index in [1.807, 2.05) is 29.2 Å². The van der Waals surface area contributed by atoms with E-state index < -0.39 is 0 Å². The molecule has 0 bridgehead atoms. The summed E-state index contributed by atoms with van der Waals surface area (Å²) in [6.07, 6.45) is 12.3. The Hall–Kier alpha value is -2.50. The molecule has 1 aliphatic carbocycles. The molecule has 33 heavy (non-hydrogen) atoms. The van der Waals surface area contributed by atoms with Gasteiger partial charge in [0.25, 0.3) is 0 Å². The number of rotatable bonds is 7. The van der Waals surface area contributed by atoms with Crippen molar-refractivity contribution in [2.45, 2.75) is 50.7 Å². The fourth-order valence-corrected chi connectivity index (χ4v) is 5.63. The summed E-state index contributed by atoms with van der Waals surface area (Å²) in [6, 6.07) is 15.3. The van der Waals surface area contributed by atoms with Gasteiger partial charge < -0.3 is 9.64 Å². The van der Waals surface area contributed by atoms with E-state index in [4.69, 9.17) is 4.74 Å². The fourth-order valence-electron chi connectivity index (χ4n) is 5.63. The molecule has 1 aromatic heterocycles. The van der Waals surface area contributed by atoms with Crippen LogP contribution >= 0.6 is 0 Å².